The minimum absolute atomic E-state index is 0.110. The Morgan fingerprint density at radius 2 is 1.65 bits per heavy atom. The first-order valence-electron chi connectivity index (χ1n) is 6.03. The standard InChI is InChI=1S/C14H14Cl3N3/c1-14(2,3)11-7-12(17)20-13(19-11)18-8-4-5-9(15)10(16)6-8/h4-7H,1-3H3,(H,18,19,20). The number of rotatable bonds is 2. The first-order valence-corrected chi connectivity index (χ1v) is 7.16. The molecule has 2 aromatic rings. The number of aromatic nitrogens is 2. The van der Waals surface area contributed by atoms with Crippen LogP contribution in [0.25, 0.3) is 0 Å². The van der Waals surface area contributed by atoms with E-state index in [1.54, 1.807) is 24.3 Å². The molecular formula is C14H14Cl3N3. The smallest absolute Gasteiger partial charge is 0.228 e. The van der Waals surface area contributed by atoms with Gasteiger partial charge in [-0.15, -0.1) is 0 Å². The highest BCUT2D eigenvalue weighted by Gasteiger charge is 2.17. The van der Waals surface area contributed by atoms with Crippen LogP contribution in [0, 0.1) is 0 Å². The number of anilines is 2. The van der Waals surface area contributed by atoms with Crippen molar-refractivity contribution in [1.29, 1.82) is 0 Å². The molecule has 20 heavy (non-hydrogen) atoms. The van der Waals surface area contributed by atoms with Crippen LogP contribution in [0.3, 0.4) is 0 Å². The molecule has 3 nitrogen and oxygen atoms in total. The molecule has 0 fully saturated rings. The van der Waals surface area contributed by atoms with Crippen LogP contribution in [-0.4, -0.2) is 9.97 Å². The van der Waals surface area contributed by atoms with E-state index in [0.29, 0.717) is 21.1 Å². The summed E-state index contributed by atoms with van der Waals surface area (Å²) in [7, 11) is 0. The van der Waals surface area contributed by atoms with E-state index in [0.717, 1.165) is 11.4 Å². The number of hydrogen-bond acceptors (Lipinski definition) is 3. The molecule has 0 atom stereocenters. The minimum atomic E-state index is -0.110. The Bertz CT molecular complexity index is 636. The lowest BCUT2D eigenvalue weighted by molar-refractivity contribution is 0.568. The monoisotopic (exact) mass is 329 g/mol. The van der Waals surface area contributed by atoms with Gasteiger partial charge < -0.3 is 5.32 Å². The fourth-order valence-electron chi connectivity index (χ4n) is 1.56. The van der Waals surface area contributed by atoms with Gasteiger partial charge in [0, 0.05) is 11.1 Å². The third-order valence-corrected chi connectivity index (χ3v) is 3.57. The van der Waals surface area contributed by atoms with Crippen molar-refractivity contribution in [3.05, 3.63) is 45.2 Å². The molecule has 1 aromatic carbocycles. The van der Waals surface area contributed by atoms with Crippen LogP contribution in [0.5, 0.6) is 0 Å². The number of nitrogens with zero attached hydrogens (tertiary/aromatic N) is 2. The summed E-state index contributed by atoms with van der Waals surface area (Å²) in [6.45, 7) is 6.19. The maximum atomic E-state index is 6.04. The van der Waals surface area contributed by atoms with Crippen LogP contribution >= 0.6 is 34.8 Å². The molecule has 0 aliphatic heterocycles. The van der Waals surface area contributed by atoms with Gasteiger partial charge in [0.05, 0.1) is 15.7 Å². The van der Waals surface area contributed by atoms with Crippen molar-refractivity contribution in [2.75, 3.05) is 5.32 Å². The Labute approximate surface area is 133 Å². The van der Waals surface area contributed by atoms with Gasteiger partial charge in [-0.05, 0) is 24.3 Å². The molecule has 1 heterocycles. The van der Waals surface area contributed by atoms with Crippen molar-refractivity contribution in [3.8, 4) is 0 Å². The molecule has 6 heteroatoms. The maximum Gasteiger partial charge on any atom is 0.228 e. The van der Waals surface area contributed by atoms with Gasteiger partial charge in [0.15, 0.2) is 0 Å². The fourth-order valence-corrected chi connectivity index (χ4v) is 2.04. The first-order chi connectivity index (χ1) is 9.25. The summed E-state index contributed by atoms with van der Waals surface area (Å²) in [6.07, 6.45) is 0. The van der Waals surface area contributed by atoms with E-state index < -0.39 is 0 Å². The third kappa shape index (κ3) is 3.75. The van der Waals surface area contributed by atoms with Gasteiger partial charge in [-0.1, -0.05) is 55.6 Å². The normalized spacial score (nSPS) is 11.5. The van der Waals surface area contributed by atoms with E-state index in [-0.39, 0.29) is 5.41 Å². The number of hydrogen-bond donors (Lipinski definition) is 1. The summed E-state index contributed by atoms with van der Waals surface area (Å²) >= 11 is 17.9. The van der Waals surface area contributed by atoms with Crippen molar-refractivity contribution in [2.45, 2.75) is 26.2 Å². The zero-order chi connectivity index (χ0) is 14.9. The fraction of sp³-hybridized carbons (Fsp3) is 0.286. The second-order valence-corrected chi connectivity index (χ2v) is 6.61. The number of benzene rings is 1. The molecule has 0 radical (unpaired) electrons. The van der Waals surface area contributed by atoms with Crippen molar-refractivity contribution in [2.24, 2.45) is 0 Å². The molecule has 2 rings (SSSR count). The summed E-state index contributed by atoms with van der Waals surface area (Å²) in [5, 5.41) is 4.44. The van der Waals surface area contributed by atoms with Crippen LogP contribution < -0.4 is 5.32 Å². The Kier molecular flexibility index (Phi) is 4.43. The molecule has 1 N–H and O–H groups in total. The molecule has 0 aliphatic rings. The lowest BCUT2D eigenvalue weighted by Gasteiger charge is -2.18. The van der Waals surface area contributed by atoms with Gasteiger partial charge in [0.2, 0.25) is 5.95 Å². The minimum Gasteiger partial charge on any atom is -0.324 e. The highest BCUT2D eigenvalue weighted by atomic mass is 35.5. The summed E-state index contributed by atoms with van der Waals surface area (Å²) in [5.74, 6) is 0.431. The Balaban J connectivity index is 2.33. The van der Waals surface area contributed by atoms with E-state index in [2.05, 4.69) is 36.1 Å². The van der Waals surface area contributed by atoms with Gasteiger partial charge in [0.1, 0.15) is 5.15 Å². The van der Waals surface area contributed by atoms with E-state index in [9.17, 15) is 0 Å². The van der Waals surface area contributed by atoms with E-state index in [1.807, 2.05) is 0 Å². The highest BCUT2D eigenvalue weighted by Crippen LogP contribution is 2.28. The SMILES string of the molecule is CC(C)(C)c1cc(Cl)nc(Nc2ccc(Cl)c(Cl)c2)n1. The van der Waals surface area contributed by atoms with Gasteiger partial charge in [-0.3, -0.25) is 0 Å². The topological polar surface area (TPSA) is 37.8 Å². The molecular weight excluding hydrogens is 317 g/mol. The first kappa shape index (κ1) is 15.4. The maximum absolute atomic E-state index is 6.04. The van der Waals surface area contributed by atoms with Crippen molar-refractivity contribution in [1.82, 2.24) is 9.97 Å². The average Bonchev–Trinajstić information content (AvgIpc) is 2.32. The molecule has 0 unspecified atom stereocenters. The summed E-state index contributed by atoms with van der Waals surface area (Å²) < 4.78 is 0. The Hall–Kier alpha value is -1.03. The van der Waals surface area contributed by atoms with Crippen molar-refractivity contribution in [3.63, 3.8) is 0 Å². The third-order valence-electron chi connectivity index (χ3n) is 2.64. The summed E-state index contributed by atoms with van der Waals surface area (Å²) in [5.41, 5.74) is 1.50. The predicted octanol–water partition coefficient (Wildman–Crippen LogP) is 5.48. The predicted molar refractivity (Wildman–Crippen MR) is 85.5 cm³/mol. The molecule has 106 valence electrons. The lowest BCUT2D eigenvalue weighted by atomic mass is 9.92. The van der Waals surface area contributed by atoms with E-state index in [1.165, 1.54) is 0 Å². The van der Waals surface area contributed by atoms with Crippen molar-refractivity contribution >= 4 is 46.4 Å². The Morgan fingerprint density at radius 1 is 0.950 bits per heavy atom. The van der Waals surface area contributed by atoms with Crippen LogP contribution in [0.2, 0.25) is 15.2 Å². The molecule has 0 amide bonds. The van der Waals surface area contributed by atoms with Crippen molar-refractivity contribution < 1.29 is 0 Å². The van der Waals surface area contributed by atoms with Crippen LogP contribution in [0.15, 0.2) is 24.3 Å². The van der Waals surface area contributed by atoms with Gasteiger partial charge in [-0.2, -0.15) is 0 Å². The number of nitrogens with one attached hydrogen (secondary N) is 1. The molecule has 0 saturated carbocycles. The highest BCUT2D eigenvalue weighted by molar-refractivity contribution is 6.42. The molecule has 0 aliphatic carbocycles. The van der Waals surface area contributed by atoms with Gasteiger partial charge >= 0.3 is 0 Å². The van der Waals surface area contributed by atoms with E-state index >= 15 is 0 Å². The van der Waals surface area contributed by atoms with Crippen LogP contribution in [-0.2, 0) is 5.41 Å². The van der Waals surface area contributed by atoms with E-state index in [4.69, 9.17) is 34.8 Å². The van der Waals surface area contributed by atoms with Gasteiger partial charge in [0.25, 0.3) is 0 Å². The van der Waals surface area contributed by atoms with Crippen LogP contribution in [0.4, 0.5) is 11.6 Å². The molecule has 1 aromatic heterocycles. The molecule has 0 bridgehead atoms. The lowest BCUT2D eigenvalue weighted by Crippen LogP contribution is -2.15. The van der Waals surface area contributed by atoms with Gasteiger partial charge in [-0.25, -0.2) is 9.97 Å². The average molecular weight is 331 g/mol. The summed E-state index contributed by atoms with van der Waals surface area (Å²) in [4.78, 5) is 8.63. The summed E-state index contributed by atoms with van der Waals surface area (Å²) in [6, 6.07) is 6.99. The quantitative estimate of drug-likeness (QED) is 0.741. The second kappa shape index (κ2) is 5.76. The molecule has 0 spiro atoms. The largest absolute Gasteiger partial charge is 0.324 e. The Morgan fingerprint density at radius 3 is 2.25 bits per heavy atom. The zero-order valence-electron chi connectivity index (χ0n) is 11.3. The molecule has 0 saturated heterocycles. The number of halogens is 3. The zero-order valence-corrected chi connectivity index (χ0v) is 13.6. The van der Waals surface area contributed by atoms with Crippen LogP contribution in [0.1, 0.15) is 26.5 Å². The second-order valence-electron chi connectivity index (χ2n) is 5.40.